The van der Waals surface area contributed by atoms with Gasteiger partial charge in [0.15, 0.2) is 0 Å². The molecular weight excluding hydrogens is 266 g/mol. The van der Waals surface area contributed by atoms with E-state index in [1.165, 1.54) is 19.3 Å². The number of alkyl halides is 2. The minimum Gasteiger partial charge on any atom is -0.255 e. The SMILES string of the molecule is C=C([I-]C)C1CCC(C)C1.CF. The predicted molar refractivity (Wildman–Crippen MR) is 48.6 cm³/mol. The van der Waals surface area contributed by atoms with Crippen LogP contribution in [-0.4, -0.2) is 12.1 Å². The Morgan fingerprint density at radius 3 is 2.33 bits per heavy atom. The molecule has 0 aromatic rings. The molecule has 1 aliphatic carbocycles. The van der Waals surface area contributed by atoms with Gasteiger partial charge in [-0.1, -0.05) is 0 Å². The van der Waals surface area contributed by atoms with Crippen molar-refractivity contribution in [2.75, 3.05) is 12.1 Å². The van der Waals surface area contributed by atoms with Crippen LogP contribution in [0.15, 0.2) is 10.2 Å². The second-order valence-corrected chi connectivity index (χ2v) is 5.72. The first kappa shape index (κ1) is 12.4. The van der Waals surface area contributed by atoms with Gasteiger partial charge >= 0.3 is 74.3 Å². The molecule has 0 radical (unpaired) electrons. The first-order valence-electron chi connectivity index (χ1n) is 4.30. The standard InChI is InChI=1S/C9H16I.CH3F/c1-7-4-5-9(6-7)8(2)10-3;1-2/h7,9H,2,4-6H2,1,3H3;1H3/q-1;. The van der Waals surface area contributed by atoms with Crippen LogP contribution in [0.5, 0.6) is 0 Å². The van der Waals surface area contributed by atoms with E-state index in [-0.39, 0.29) is 0 Å². The van der Waals surface area contributed by atoms with E-state index in [1.807, 2.05) is 0 Å². The molecule has 1 aliphatic rings. The van der Waals surface area contributed by atoms with E-state index in [0.717, 1.165) is 11.8 Å². The zero-order valence-corrected chi connectivity index (χ0v) is 10.4. The van der Waals surface area contributed by atoms with Crippen molar-refractivity contribution in [1.82, 2.24) is 0 Å². The number of allylic oxidation sites excluding steroid dienone is 1. The van der Waals surface area contributed by atoms with Crippen LogP contribution >= 0.6 is 0 Å². The maximum absolute atomic E-state index is 9.50. The van der Waals surface area contributed by atoms with Crippen LogP contribution in [0.25, 0.3) is 0 Å². The summed E-state index contributed by atoms with van der Waals surface area (Å²) in [6, 6.07) is 0. The molecule has 0 aromatic heterocycles. The maximum atomic E-state index is 9.50. The van der Waals surface area contributed by atoms with Crippen LogP contribution in [0, 0.1) is 11.8 Å². The molecule has 2 unspecified atom stereocenters. The van der Waals surface area contributed by atoms with Gasteiger partial charge in [0.1, 0.15) is 0 Å². The van der Waals surface area contributed by atoms with Gasteiger partial charge in [0, 0.05) is 0 Å². The summed E-state index contributed by atoms with van der Waals surface area (Å²) in [4.78, 5) is 2.32. The average Bonchev–Trinajstić information content (AvgIpc) is 2.54. The predicted octanol–water partition coefficient (Wildman–Crippen LogP) is 0.241. The molecule has 0 bridgehead atoms. The van der Waals surface area contributed by atoms with Gasteiger partial charge < -0.3 is 0 Å². The van der Waals surface area contributed by atoms with Crippen molar-refractivity contribution in [3.8, 4) is 0 Å². The molecular formula is C10H19FI-. The third kappa shape index (κ3) is 3.87. The van der Waals surface area contributed by atoms with Gasteiger partial charge in [-0.25, -0.2) is 0 Å². The minimum atomic E-state index is 0.318. The van der Waals surface area contributed by atoms with E-state index in [9.17, 15) is 4.39 Å². The third-order valence-electron chi connectivity index (χ3n) is 2.38. The molecule has 0 N–H and O–H groups in total. The van der Waals surface area contributed by atoms with Crippen molar-refractivity contribution in [1.29, 1.82) is 0 Å². The van der Waals surface area contributed by atoms with Crippen molar-refractivity contribution in [2.45, 2.75) is 26.2 Å². The summed E-state index contributed by atoms with van der Waals surface area (Å²) >= 11 is 0.318. The van der Waals surface area contributed by atoms with Crippen molar-refractivity contribution >= 4 is 0 Å². The van der Waals surface area contributed by atoms with Crippen LogP contribution in [0.4, 0.5) is 4.39 Å². The van der Waals surface area contributed by atoms with Crippen LogP contribution in [0.3, 0.4) is 0 Å². The van der Waals surface area contributed by atoms with E-state index in [0.29, 0.717) is 28.4 Å². The van der Waals surface area contributed by atoms with Crippen molar-refractivity contribution < 1.29 is 25.6 Å². The molecule has 1 rings (SSSR count). The summed E-state index contributed by atoms with van der Waals surface area (Å²) in [6.45, 7) is 6.50. The van der Waals surface area contributed by atoms with Gasteiger partial charge in [0.2, 0.25) is 0 Å². The number of hydrogen-bond acceptors (Lipinski definition) is 0. The van der Waals surface area contributed by atoms with Crippen LogP contribution < -0.4 is 21.2 Å². The molecule has 0 heterocycles. The number of halogens is 2. The molecule has 1 saturated carbocycles. The Balaban J connectivity index is 0.000000561. The van der Waals surface area contributed by atoms with Gasteiger partial charge in [-0.15, -0.1) is 0 Å². The molecule has 0 amide bonds. The molecule has 2 heteroatoms. The van der Waals surface area contributed by atoms with Crippen LogP contribution in [-0.2, 0) is 0 Å². The molecule has 0 spiro atoms. The van der Waals surface area contributed by atoms with Crippen molar-refractivity contribution in [2.24, 2.45) is 11.8 Å². The fraction of sp³-hybridized carbons (Fsp3) is 0.800. The molecule has 74 valence electrons. The monoisotopic (exact) mass is 285 g/mol. The van der Waals surface area contributed by atoms with Gasteiger partial charge in [-0.05, 0) is 0 Å². The largest absolute Gasteiger partial charge is 0.255 e. The Morgan fingerprint density at radius 2 is 2.00 bits per heavy atom. The zero-order chi connectivity index (χ0) is 9.56. The third-order valence-corrected chi connectivity index (χ3v) is 4.65. The molecule has 0 aliphatic heterocycles. The van der Waals surface area contributed by atoms with Crippen LogP contribution in [0.2, 0.25) is 0 Å². The fourth-order valence-electron chi connectivity index (χ4n) is 1.65. The second kappa shape index (κ2) is 6.87. The molecule has 0 aromatic carbocycles. The maximum Gasteiger partial charge on any atom is 0.0785 e. The summed E-state index contributed by atoms with van der Waals surface area (Å²) in [5.74, 6) is 1.88. The number of hydrogen-bond donors (Lipinski definition) is 0. The molecule has 0 nitrogen and oxygen atoms in total. The normalized spacial score (nSPS) is 28.0. The van der Waals surface area contributed by atoms with Crippen LogP contribution in [0.1, 0.15) is 26.2 Å². The van der Waals surface area contributed by atoms with E-state index < -0.39 is 0 Å². The van der Waals surface area contributed by atoms with Gasteiger partial charge in [-0.3, -0.25) is 4.39 Å². The van der Waals surface area contributed by atoms with Gasteiger partial charge in [0.25, 0.3) is 0 Å². The van der Waals surface area contributed by atoms with E-state index in [1.54, 1.807) is 3.58 Å². The Bertz CT molecular complexity index is 134. The molecule has 1 fully saturated rings. The summed E-state index contributed by atoms with van der Waals surface area (Å²) in [5, 5.41) is 0. The second-order valence-electron chi connectivity index (χ2n) is 3.25. The summed E-state index contributed by atoms with van der Waals surface area (Å²) in [7, 11) is 0.500. The van der Waals surface area contributed by atoms with Gasteiger partial charge in [0.05, 0.1) is 7.18 Å². The molecule has 12 heavy (non-hydrogen) atoms. The molecule has 0 saturated heterocycles. The minimum absolute atomic E-state index is 0.318. The Morgan fingerprint density at radius 1 is 1.42 bits per heavy atom. The number of rotatable bonds is 2. The van der Waals surface area contributed by atoms with E-state index in [2.05, 4.69) is 18.4 Å². The smallest absolute Gasteiger partial charge is 0.0785 e. The Hall–Kier alpha value is 0.400. The zero-order valence-electron chi connectivity index (χ0n) is 8.24. The first-order valence-corrected chi connectivity index (χ1v) is 7.53. The van der Waals surface area contributed by atoms with Crippen molar-refractivity contribution in [3.05, 3.63) is 10.2 Å². The molecule has 2 atom stereocenters. The van der Waals surface area contributed by atoms with E-state index in [4.69, 9.17) is 0 Å². The van der Waals surface area contributed by atoms with Gasteiger partial charge in [-0.2, -0.15) is 0 Å². The summed E-state index contributed by atoms with van der Waals surface area (Å²) < 4.78 is 11.1. The quantitative estimate of drug-likeness (QED) is 0.504. The van der Waals surface area contributed by atoms with E-state index >= 15 is 0 Å². The summed E-state index contributed by atoms with van der Waals surface area (Å²) in [5.41, 5.74) is 0. The Labute approximate surface area is 85.9 Å². The topological polar surface area (TPSA) is 0 Å². The fourth-order valence-corrected chi connectivity index (χ4v) is 3.09. The average molecular weight is 285 g/mol. The Kier molecular flexibility index (Phi) is 7.10. The summed E-state index contributed by atoms with van der Waals surface area (Å²) in [6.07, 6.45) is 4.29. The first-order chi connectivity index (χ1) is 5.74. The van der Waals surface area contributed by atoms with Crippen molar-refractivity contribution in [3.63, 3.8) is 0 Å².